The van der Waals surface area contributed by atoms with Crippen LogP contribution in [0.5, 0.6) is 0 Å². The van der Waals surface area contributed by atoms with E-state index in [0.717, 1.165) is 0 Å². The van der Waals surface area contributed by atoms with Crippen molar-refractivity contribution in [3.05, 3.63) is 255 Å². The summed E-state index contributed by atoms with van der Waals surface area (Å²) in [5, 5.41) is 20.5. The summed E-state index contributed by atoms with van der Waals surface area (Å²) >= 11 is 0. The maximum Gasteiger partial charge on any atom is -0.00262 e. The Morgan fingerprint density at radius 1 is 0.157 bits per heavy atom. The molecule has 0 bridgehead atoms. The van der Waals surface area contributed by atoms with Gasteiger partial charge in [-0.05, 0) is 220 Å². The molecule has 0 heterocycles. The lowest BCUT2D eigenvalue weighted by Gasteiger charge is -2.19. The first-order chi connectivity index (χ1) is 34.6. The molecule has 15 aromatic rings. The molecule has 0 aromatic heterocycles. The van der Waals surface area contributed by atoms with E-state index >= 15 is 0 Å². The molecule has 15 rings (SSSR count). The number of fused-ring (bicyclic) bond motifs is 2. The molecule has 0 radical (unpaired) electrons. The van der Waals surface area contributed by atoms with Gasteiger partial charge in [-0.3, -0.25) is 0 Å². The third-order valence-corrected chi connectivity index (χ3v) is 15.2. The second kappa shape index (κ2) is 15.2. The zero-order valence-corrected chi connectivity index (χ0v) is 38.2. The van der Waals surface area contributed by atoms with Crippen LogP contribution in [0.1, 0.15) is 0 Å². The molecule has 0 saturated carbocycles. The van der Waals surface area contributed by atoms with E-state index in [1.54, 1.807) is 0 Å². The minimum Gasteiger partial charge on any atom is -0.0622 e. The largest absolute Gasteiger partial charge is 0.0622 e. The van der Waals surface area contributed by atoms with Gasteiger partial charge in [0.1, 0.15) is 0 Å². The van der Waals surface area contributed by atoms with Crippen LogP contribution in [0.25, 0.3) is 153 Å². The van der Waals surface area contributed by atoms with E-state index in [-0.39, 0.29) is 0 Å². The highest BCUT2D eigenvalue weighted by atomic mass is 14.2. The predicted octanol–water partition coefficient (Wildman–Crippen LogP) is 19.8. The topological polar surface area (TPSA) is 0 Å². The Morgan fingerprint density at radius 2 is 0.500 bits per heavy atom. The van der Waals surface area contributed by atoms with Crippen molar-refractivity contribution in [1.29, 1.82) is 0 Å². The van der Waals surface area contributed by atoms with Crippen molar-refractivity contribution in [3.8, 4) is 66.8 Å². The van der Waals surface area contributed by atoms with Crippen molar-refractivity contribution in [1.82, 2.24) is 0 Å². The zero-order valence-electron chi connectivity index (χ0n) is 38.2. The molecule has 15 aromatic carbocycles. The van der Waals surface area contributed by atoms with E-state index in [9.17, 15) is 0 Å². The zero-order chi connectivity index (χ0) is 45.9. The van der Waals surface area contributed by atoms with E-state index < -0.39 is 0 Å². The third kappa shape index (κ3) is 6.10. The summed E-state index contributed by atoms with van der Waals surface area (Å²) in [5.74, 6) is 0. The van der Waals surface area contributed by atoms with Crippen LogP contribution in [0.4, 0.5) is 0 Å². The molecule has 0 saturated heterocycles. The SMILES string of the molecule is c1ccc(-c2cc(-c3ccccc3)cc(-c3c4ccccc4cc4c(-c5cc(-c6cc7ccc8cccc9ccc(c6)c7c89)cc(-c6cc7ccc8cccc9ccc(c6)c7c89)c5)cccc34)c2)cc1. The van der Waals surface area contributed by atoms with E-state index in [0.29, 0.717) is 0 Å². The van der Waals surface area contributed by atoms with Crippen molar-refractivity contribution < 1.29 is 0 Å². The molecule has 0 aliphatic rings. The molecule has 0 aliphatic carbocycles. The molecule has 322 valence electrons. The molecular formula is C70H42. The summed E-state index contributed by atoms with van der Waals surface area (Å²) in [4.78, 5) is 0. The standard InChI is InChI=1S/C70H42/c1-3-12-43(13-4-1)54-36-55(44-14-5-2-6-15-44)41-61(40-54)70-63-21-8-7-16-49(63)42-65-62(22-11-23-64(65)70)60-38-58(56-32-50-28-24-45-17-9-18-46-25-29-51(33-56)68(50)66(45)46)37-59(39-60)57-34-52-30-26-47-19-10-20-48-27-31-53(35-57)69(52)67(47)48/h1-42H. The Kier molecular flexibility index (Phi) is 8.46. The van der Waals surface area contributed by atoms with Gasteiger partial charge in [0, 0.05) is 0 Å². The maximum absolute atomic E-state index is 2.44. The van der Waals surface area contributed by atoms with Crippen molar-refractivity contribution in [2.45, 2.75) is 0 Å². The Bertz CT molecular complexity index is 4210. The van der Waals surface area contributed by atoms with Gasteiger partial charge in [0.05, 0.1) is 0 Å². The predicted molar refractivity (Wildman–Crippen MR) is 301 cm³/mol. The number of rotatable bonds is 6. The lowest BCUT2D eigenvalue weighted by atomic mass is 9.85. The van der Waals surface area contributed by atoms with Gasteiger partial charge in [-0.15, -0.1) is 0 Å². The van der Waals surface area contributed by atoms with Crippen LogP contribution in [-0.4, -0.2) is 0 Å². The molecule has 0 heteroatoms. The first-order valence-corrected chi connectivity index (χ1v) is 24.4. The van der Waals surface area contributed by atoms with E-state index in [2.05, 4.69) is 255 Å². The lowest BCUT2D eigenvalue weighted by molar-refractivity contribution is 1.58. The fraction of sp³-hybridized carbons (Fsp3) is 0. The molecule has 0 aliphatic heterocycles. The van der Waals surface area contributed by atoms with Gasteiger partial charge < -0.3 is 0 Å². The Hall–Kier alpha value is -9.10. The molecular weight excluding hydrogens is 841 g/mol. The van der Waals surface area contributed by atoms with Crippen LogP contribution < -0.4 is 0 Å². The second-order valence-corrected chi connectivity index (χ2v) is 19.2. The average molecular weight is 883 g/mol. The Balaban J connectivity index is 0.993. The summed E-state index contributed by atoms with van der Waals surface area (Å²) in [6.07, 6.45) is 0. The van der Waals surface area contributed by atoms with Crippen LogP contribution >= 0.6 is 0 Å². The Labute approximate surface area is 405 Å². The highest BCUT2D eigenvalue weighted by Crippen LogP contribution is 2.46. The Morgan fingerprint density at radius 3 is 1.00 bits per heavy atom. The van der Waals surface area contributed by atoms with Gasteiger partial charge in [-0.25, -0.2) is 0 Å². The van der Waals surface area contributed by atoms with Crippen molar-refractivity contribution in [3.63, 3.8) is 0 Å². The third-order valence-electron chi connectivity index (χ3n) is 15.2. The fourth-order valence-corrected chi connectivity index (χ4v) is 12.0. The first kappa shape index (κ1) is 38.9. The van der Waals surface area contributed by atoms with E-state index in [4.69, 9.17) is 0 Å². The van der Waals surface area contributed by atoms with Gasteiger partial charge >= 0.3 is 0 Å². The molecule has 0 spiro atoms. The smallest absolute Gasteiger partial charge is 0.00262 e. The molecule has 0 unspecified atom stereocenters. The van der Waals surface area contributed by atoms with Crippen LogP contribution in [0.3, 0.4) is 0 Å². The lowest BCUT2D eigenvalue weighted by Crippen LogP contribution is -1.92. The maximum atomic E-state index is 2.44. The highest BCUT2D eigenvalue weighted by Gasteiger charge is 2.19. The van der Waals surface area contributed by atoms with E-state index in [1.807, 2.05) is 0 Å². The minimum atomic E-state index is 1.19. The van der Waals surface area contributed by atoms with Crippen molar-refractivity contribution >= 4 is 86.2 Å². The van der Waals surface area contributed by atoms with Gasteiger partial charge in [0.2, 0.25) is 0 Å². The van der Waals surface area contributed by atoms with Crippen LogP contribution in [0, 0.1) is 0 Å². The van der Waals surface area contributed by atoms with Crippen LogP contribution in [0.2, 0.25) is 0 Å². The summed E-state index contributed by atoms with van der Waals surface area (Å²) in [5.41, 5.74) is 14.5. The van der Waals surface area contributed by atoms with Crippen LogP contribution in [0.15, 0.2) is 255 Å². The second-order valence-electron chi connectivity index (χ2n) is 19.2. The van der Waals surface area contributed by atoms with Gasteiger partial charge in [0.15, 0.2) is 0 Å². The highest BCUT2D eigenvalue weighted by molar-refractivity contribution is 6.25. The van der Waals surface area contributed by atoms with Gasteiger partial charge in [-0.2, -0.15) is 0 Å². The first-order valence-electron chi connectivity index (χ1n) is 24.4. The summed E-state index contributed by atoms with van der Waals surface area (Å²) in [7, 11) is 0. The summed E-state index contributed by atoms with van der Waals surface area (Å²) in [6, 6.07) is 95.7. The quantitative estimate of drug-likeness (QED) is 0.115. The molecule has 0 N–H and O–H groups in total. The molecule has 0 atom stereocenters. The minimum absolute atomic E-state index is 1.19. The van der Waals surface area contributed by atoms with Crippen LogP contribution in [-0.2, 0) is 0 Å². The molecule has 0 nitrogen and oxygen atoms in total. The monoisotopic (exact) mass is 882 g/mol. The normalized spacial score (nSPS) is 12.0. The van der Waals surface area contributed by atoms with Crippen molar-refractivity contribution in [2.75, 3.05) is 0 Å². The number of benzene rings is 15. The fourth-order valence-electron chi connectivity index (χ4n) is 12.0. The van der Waals surface area contributed by atoms with Gasteiger partial charge in [-0.1, -0.05) is 188 Å². The average Bonchev–Trinajstić information content (AvgIpc) is 3.43. The summed E-state index contributed by atoms with van der Waals surface area (Å²) in [6.45, 7) is 0. The number of hydrogen-bond acceptors (Lipinski definition) is 0. The molecule has 70 heavy (non-hydrogen) atoms. The molecule has 0 amide bonds. The van der Waals surface area contributed by atoms with Crippen molar-refractivity contribution in [2.24, 2.45) is 0 Å². The van der Waals surface area contributed by atoms with Gasteiger partial charge in [0.25, 0.3) is 0 Å². The summed E-state index contributed by atoms with van der Waals surface area (Å²) < 4.78 is 0. The van der Waals surface area contributed by atoms with E-state index in [1.165, 1.54) is 153 Å². The number of hydrogen-bond donors (Lipinski definition) is 0. The molecule has 0 fully saturated rings.